The third kappa shape index (κ3) is 5.76. The summed E-state index contributed by atoms with van der Waals surface area (Å²) in [5, 5.41) is 4.04. The van der Waals surface area contributed by atoms with Gasteiger partial charge in [-0.05, 0) is 66.6 Å². The van der Waals surface area contributed by atoms with Crippen molar-refractivity contribution >= 4 is 23.3 Å². The van der Waals surface area contributed by atoms with Crippen molar-refractivity contribution in [1.29, 1.82) is 0 Å². The lowest BCUT2D eigenvalue weighted by molar-refractivity contribution is 0.0526. The minimum Gasteiger partial charge on any atom is -0.489 e. The second kappa shape index (κ2) is 9.81. The Kier molecular flexibility index (Phi) is 6.93. The lowest BCUT2D eigenvalue weighted by atomic mass is 10.2. The lowest BCUT2D eigenvalue weighted by Crippen LogP contribution is -2.05. The third-order valence-electron chi connectivity index (χ3n) is 4.11. The Morgan fingerprint density at radius 3 is 2.39 bits per heavy atom. The van der Waals surface area contributed by atoms with Crippen molar-refractivity contribution < 1.29 is 14.3 Å². The van der Waals surface area contributed by atoms with Crippen molar-refractivity contribution in [3.8, 4) is 5.75 Å². The third-order valence-corrected chi connectivity index (χ3v) is 4.35. The maximum atomic E-state index is 11.7. The van der Waals surface area contributed by atoms with Crippen LogP contribution in [0.1, 0.15) is 28.4 Å². The van der Waals surface area contributed by atoms with Crippen LogP contribution in [0.3, 0.4) is 0 Å². The van der Waals surface area contributed by atoms with Gasteiger partial charge in [-0.3, -0.25) is 0 Å². The Balaban J connectivity index is 1.49. The number of carbonyl (C=O) groups is 1. The van der Waals surface area contributed by atoms with Gasteiger partial charge in [0.25, 0.3) is 0 Å². The van der Waals surface area contributed by atoms with E-state index in [9.17, 15) is 4.79 Å². The molecule has 0 amide bonds. The molecule has 0 fully saturated rings. The molecule has 0 atom stereocenters. The molecular weight excluding hydrogens is 374 g/mol. The first-order chi connectivity index (χ1) is 13.6. The van der Waals surface area contributed by atoms with Gasteiger partial charge < -0.3 is 14.8 Å². The second-order valence-electron chi connectivity index (χ2n) is 6.21. The number of benzene rings is 3. The molecule has 1 N–H and O–H groups in total. The van der Waals surface area contributed by atoms with E-state index in [0.29, 0.717) is 30.3 Å². The Labute approximate surface area is 170 Å². The molecular formula is C23H22ClNO3. The highest BCUT2D eigenvalue weighted by Crippen LogP contribution is 2.17. The van der Waals surface area contributed by atoms with Gasteiger partial charge in [-0.2, -0.15) is 0 Å². The summed E-state index contributed by atoms with van der Waals surface area (Å²) >= 11 is 5.99. The fourth-order valence-corrected chi connectivity index (χ4v) is 2.85. The zero-order valence-corrected chi connectivity index (χ0v) is 16.4. The van der Waals surface area contributed by atoms with Gasteiger partial charge in [0.1, 0.15) is 12.4 Å². The molecule has 0 spiro atoms. The summed E-state index contributed by atoms with van der Waals surface area (Å²) in [6.07, 6.45) is 0. The zero-order valence-electron chi connectivity index (χ0n) is 15.7. The molecule has 3 aromatic rings. The molecule has 0 aromatic heterocycles. The summed E-state index contributed by atoms with van der Waals surface area (Å²) in [6, 6.07) is 22.8. The van der Waals surface area contributed by atoms with Crippen LogP contribution < -0.4 is 10.1 Å². The van der Waals surface area contributed by atoms with E-state index < -0.39 is 0 Å². The highest BCUT2D eigenvalue weighted by molar-refractivity contribution is 6.30. The molecule has 0 aliphatic rings. The van der Waals surface area contributed by atoms with Crippen molar-refractivity contribution in [2.75, 3.05) is 11.9 Å². The van der Waals surface area contributed by atoms with E-state index in [4.69, 9.17) is 21.1 Å². The standard InChI is InChI=1S/C23H22ClNO3/c1-2-27-23(26)19-8-10-21(11-9-19)25-15-17-6-12-22(13-7-17)28-16-18-4-3-5-20(24)14-18/h3-14,25H,2,15-16H2,1H3. The highest BCUT2D eigenvalue weighted by Gasteiger charge is 2.05. The largest absolute Gasteiger partial charge is 0.489 e. The molecule has 3 rings (SSSR count). The lowest BCUT2D eigenvalue weighted by Gasteiger charge is -2.10. The van der Waals surface area contributed by atoms with Crippen LogP contribution >= 0.6 is 11.6 Å². The van der Waals surface area contributed by atoms with Crippen LogP contribution in [0, 0.1) is 0 Å². The van der Waals surface area contributed by atoms with Crippen LogP contribution in [0.2, 0.25) is 5.02 Å². The number of halogens is 1. The van der Waals surface area contributed by atoms with Crippen molar-refractivity contribution in [1.82, 2.24) is 0 Å². The molecule has 0 radical (unpaired) electrons. The summed E-state index contributed by atoms with van der Waals surface area (Å²) in [4.78, 5) is 11.7. The van der Waals surface area contributed by atoms with Gasteiger partial charge in [0.05, 0.1) is 12.2 Å². The van der Waals surface area contributed by atoms with Gasteiger partial charge in [0.15, 0.2) is 0 Å². The van der Waals surface area contributed by atoms with E-state index in [0.717, 1.165) is 22.6 Å². The second-order valence-corrected chi connectivity index (χ2v) is 6.65. The summed E-state index contributed by atoms with van der Waals surface area (Å²) in [7, 11) is 0. The van der Waals surface area contributed by atoms with Gasteiger partial charge in [-0.15, -0.1) is 0 Å². The van der Waals surface area contributed by atoms with E-state index in [1.807, 2.05) is 60.7 Å². The van der Waals surface area contributed by atoms with E-state index >= 15 is 0 Å². The highest BCUT2D eigenvalue weighted by atomic mass is 35.5. The maximum absolute atomic E-state index is 11.7. The molecule has 0 bridgehead atoms. The number of nitrogens with one attached hydrogen (secondary N) is 1. The Morgan fingerprint density at radius 2 is 1.71 bits per heavy atom. The monoisotopic (exact) mass is 395 g/mol. The van der Waals surface area contributed by atoms with Crippen LogP contribution in [0.5, 0.6) is 5.75 Å². The first kappa shape index (κ1) is 19.8. The number of hydrogen-bond donors (Lipinski definition) is 1. The number of anilines is 1. The molecule has 3 aromatic carbocycles. The zero-order chi connectivity index (χ0) is 19.8. The first-order valence-corrected chi connectivity index (χ1v) is 9.49. The molecule has 5 heteroatoms. The molecule has 144 valence electrons. The normalized spacial score (nSPS) is 10.4. The number of rotatable bonds is 8. The van der Waals surface area contributed by atoms with Crippen LogP contribution in [0.25, 0.3) is 0 Å². The van der Waals surface area contributed by atoms with Crippen molar-refractivity contribution in [2.24, 2.45) is 0 Å². The number of ether oxygens (including phenoxy) is 2. The van der Waals surface area contributed by atoms with E-state index in [1.165, 1.54) is 0 Å². The molecule has 0 heterocycles. The summed E-state index contributed by atoms with van der Waals surface area (Å²) in [6.45, 7) is 3.32. The molecule has 0 unspecified atom stereocenters. The molecule has 0 aliphatic heterocycles. The average Bonchev–Trinajstić information content (AvgIpc) is 2.72. The maximum Gasteiger partial charge on any atom is 0.338 e. The van der Waals surface area contributed by atoms with Gasteiger partial charge in [-0.1, -0.05) is 35.9 Å². The molecule has 0 aliphatic carbocycles. The Bertz CT molecular complexity index is 908. The summed E-state index contributed by atoms with van der Waals surface area (Å²) in [5.74, 6) is 0.505. The average molecular weight is 396 g/mol. The quantitative estimate of drug-likeness (QED) is 0.496. The topological polar surface area (TPSA) is 47.6 Å². The van der Waals surface area contributed by atoms with Gasteiger partial charge in [0.2, 0.25) is 0 Å². The molecule has 0 saturated carbocycles. The van der Waals surface area contributed by atoms with Crippen molar-refractivity contribution in [3.05, 3.63) is 94.5 Å². The Hall–Kier alpha value is -2.98. The van der Waals surface area contributed by atoms with Crippen LogP contribution in [0.4, 0.5) is 5.69 Å². The van der Waals surface area contributed by atoms with Gasteiger partial charge in [0, 0.05) is 17.3 Å². The van der Waals surface area contributed by atoms with Crippen LogP contribution in [-0.2, 0) is 17.9 Å². The molecule has 0 saturated heterocycles. The van der Waals surface area contributed by atoms with Crippen LogP contribution in [-0.4, -0.2) is 12.6 Å². The number of hydrogen-bond acceptors (Lipinski definition) is 4. The van der Waals surface area contributed by atoms with Gasteiger partial charge >= 0.3 is 5.97 Å². The van der Waals surface area contributed by atoms with Crippen molar-refractivity contribution in [2.45, 2.75) is 20.1 Å². The van der Waals surface area contributed by atoms with E-state index in [1.54, 1.807) is 19.1 Å². The molecule has 4 nitrogen and oxygen atoms in total. The van der Waals surface area contributed by atoms with E-state index in [-0.39, 0.29) is 5.97 Å². The smallest absolute Gasteiger partial charge is 0.338 e. The number of carbonyl (C=O) groups excluding carboxylic acids is 1. The summed E-state index contributed by atoms with van der Waals surface area (Å²) < 4.78 is 10.8. The fraction of sp³-hybridized carbons (Fsp3) is 0.174. The minimum absolute atomic E-state index is 0.303. The predicted octanol–water partition coefficient (Wildman–Crippen LogP) is 5.71. The number of esters is 1. The summed E-state index contributed by atoms with van der Waals surface area (Å²) in [5.41, 5.74) is 3.65. The Morgan fingerprint density at radius 1 is 0.964 bits per heavy atom. The molecule has 28 heavy (non-hydrogen) atoms. The van der Waals surface area contributed by atoms with E-state index in [2.05, 4.69) is 5.32 Å². The minimum atomic E-state index is -0.303. The van der Waals surface area contributed by atoms with Crippen molar-refractivity contribution in [3.63, 3.8) is 0 Å². The first-order valence-electron chi connectivity index (χ1n) is 9.11. The SMILES string of the molecule is CCOC(=O)c1ccc(NCc2ccc(OCc3cccc(Cl)c3)cc2)cc1. The van der Waals surface area contributed by atoms with Crippen LogP contribution in [0.15, 0.2) is 72.8 Å². The predicted molar refractivity (Wildman–Crippen MR) is 112 cm³/mol. The van der Waals surface area contributed by atoms with Gasteiger partial charge in [-0.25, -0.2) is 4.79 Å². The fourth-order valence-electron chi connectivity index (χ4n) is 2.64.